The highest BCUT2D eigenvalue weighted by molar-refractivity contribution is 5.89. The third-order valence-corrected chi connectivity index (χ3v) is 5.16. The smallest absolute Gasteiger partial charge is 0.262 e. The topological polar surface area (TPSA) is 73.2 Å². The van der Waals surface area contributed by atoms with Crippen molar-refractivity contribution in [1.29, 1.82) is 0 Å². The fourth-order valence-electron chi connectivity index (χ4n) is 3.87. The number of ether oxygens (including phenoxy) is 2. The molecule has 0 atom stereocenters. The SMILES string of the molecule is CCOc1ccc(-c2nc(-c3ccc4[nH]c5c(c4c3)CC[CH]5)no2)c(OCC)c1. The van der Waals surface area contributed by atoms with Crippen LogP contribution in [0.1, 0.15) is 31.5 Å². The molecule has 0 unspecified atom stereocenters. The van der Waals surface area contributed by atoms with Crippen LogP contribution in [0, 0.1) is 6.42 Å². The van der Waals surface area contributed by atoms with Gasteiger partial charge in [-0.25, -0.2) is 0 Å². The van der Waals surface area contributed by atoms with Crippen molar-refractivity contribution in [2.75, 3.05) is 13.2 Å². The molecule has 2 heterocycles. The van der Waals surface area contributed by atoms with Crippen molar-refractivity contribution >= 4 is 10.9 Å². The molecule has 0 saturated heterocycles. The minimum Gasteiger partial charge on any atom is -0.494 e. The van der Waals surface area contributed by atoms with E-state index in [9.17, 15) is 0 Å². The van der Waals surface area contributed by atoms with Gasteiger partial charge in [-0.1, -0.05) is 5.16 Å². The van der Waals surface area contributed by atoms with Crippen molar-refractivity contribution < 1.29 is 14.0 Å². The summed E-state index contributed by atoms with van der Waals surface area (Å²) in [6.07, 6.45) is 4.41. The number of aromatic nitrogens is 3. The molecular formula is C23H22N3O3. The van der Waals surface area contributed by atoms with Crippen molar-refractivity contribution in [3.63, 3.8) is 0 Å². The van der Waals surface area contributed by atoms with Gasteiger partial charge in [0.25, 0.3) is 5.89 Å². The van der Waals surface area contributed by atoms with Crippen LogP contribution in [0.5, 0.6) is 11.5 Å². The van der Waals surface area contributed by atoms with Crippen molar-refractivity contribution in [1.82, 2.24) is 15.1 Å². The lowest BCUT2D eigenvalue weighted by Gasteiger charge is -2.10. The number of nitrogens with zero attached hydrogens (tertiary/aromatic N) is 2. The molecule has 0 bridgehead atoms. The van der Waals surface area contributed by atoms with Gasteiger partial charge in [0.2, 0.25) is 5.82 Å². The Balaban J connectivity index is 1.52. The first-order valence-electron chi connectivity index (χ1n) is 9.98. The maximum absolute atomic E-state index is 5.78. The Bertz CT molecular complexity index is 1180. The summed E-state index contributed by atoms with van der Waals surface area (Å²) in [4.78, 5) is 8.11. The van der Waals surface area contributed by atoms with E-state index in [-0.39, 0.29) is 0 Å². The Morgan fingerprint density at radius 1 is 1.07 bits per heavy atom. The molecule has 1 radical (unpaired) electrons. The number of benzene rings is 2. The zero-order valence-corrected chi connectivity index (χ0v) is 16.5. The number of rotatable bonds is 6. The molecule has 4 aromatic rings. The summed E-state index contributed by atoms with van der Waals surface area (Å²) in [5.41, 5.74) is 5.44. The molecule has 0 fully saturated rings. The minimum absolute atomic E-state index is 0.430. The lowest BCUT2D eigenvalue weighted by molar-refractivity contribution is 0.323. The summed E-state index contributed by atoms with van der Waals surface area (Å²) >= 11 is 0. The molecule has 1 aliphatic carbocycles. The predicted octanol–water partition coefficient (Wildman–Crippen LogP) is 5.18. The quantitative estimate of drug-likeness (QED) is 0.493. The Morgan fingerprint density at radius 2 is 1.97 bits per heavy atom. The summed E-state index contributed by atoms with van der Waals surface area (Å²) in [6.45, 7) is 5.03. The highest BCUT2D eigenvalue weighted by Crippen LogP contribution is 2.36. The van der Waals surface area contributed by atoms with Crippen LogP contribution >= 0.6 is 0 Å². The standard InChI is InChI=1S/C23H22N3O3/c1-3-27-15-9-10-17(21(13-15)28-4-2)23-25-22(26-29-23)14-8-11-20-18(12-14)16-6-5-7-19(16)24-20/h7-13,24H,3-6H2,1-2H3. The number of nitrogens with one attached hydrogen (secondary N) is 1. The van der Waals surface area contributed by atoms with Crippen LogP contribution < -0.4 is 9.47 Å². The second-order valence-corrected chi connectivity index (χ2v) is 6.97. The van der Waals surface area contributed by atoms with Gasteiger partial charge in [0, 0.05) is 34.6 Å². The lowest BCUT2D eigenvalue weighted by atomic mass is 10.1. The Kier molecular flexibility index (Phi) is 4.46. The Labute approximate surface area is 168 Å². The first-order valence-corrected chi connectivity index (χ1v) is 9.98. The van der Waals surface area contributed by atoms with Crippen molar-refractivity contribution in [2.24, 2.45) is 0 Å². The van der Waals surface area contributed by atoms with Crippen LogP contribution in [0.2, 0.25) is 0 Å². The van der Waals surface area contributed by atoms with E-state index in [2.05, 4.69) is 33.7 Å². The molecule has 2 aromatic heterocycles. The van der Waals surface area contributed by atoms with E-state index in [0.717, 1.165) is 35.2 Å². The van der Waals surface area contributed by atoms with Gasteiger partial charge >= 0.3 is 0 Å². The number of fused-ring (bicyclic) bond motifs is 3. The van der Waals surface area contributed by atoms with Crippen LogP contribution in [-0.2, 0) is 6.42 Å². The third kappa shape index (κ3) is 3.14. The lowest BCUT2D eigenvalue weighted by Crippen LogP contribution is -1.97. The van der Waals surface area contributed by atoms with Gasteiger partial charge < -0.3 is 19.0 Å². The predicted molar refractivity (Wildman–Crippen MR) is 111 cm³/mol. The largest absolute Gasteiger partial charge is 0.494 e. The van der Waals surface area contributed by atoms with Crippen molar-refractivity contribution in [2.45, 2.75) is 26.7 Å². The molecule has 1 N–H and O–H groups in total. The first-order chi connectivity index (χ1) is 14.3. The van der Waals surface area contributed by atoms with E-state index in [1.54, 1.807) is 0 Å². The summed E-state index contributed by atoms with van der Waals surface area (Å²) in [5.74, 6) is 2.42. The third-order valence-electron chi connectivity index (χ3n) is 5.16. The van der Waals surface area contributed by atoms with Gasteiger partial charge in [-0.05, 0) is 62.6 Å². The van der Waals surface area contributed by atoms with Gasteiger partial charge in [-0.2, -0.15) is 4.98 Å². The first kappa shape index (κ1) is 17.8. The Hall–Kier alpha value is -3.28. The van der Waals surface area contributed by atoms with E-state index in [0.29, 0.717) is 30.7 Å². The molecule has 0 amide bonds. The highest BCUT2D eigenvalue weighted by atomic mass is 16.5. The molecule has 2 aromatic carbocycles. The average Bonchev–Trinajstić information content (AvgIpc) is 3.44. The Morgan fingerprint density at radius 3 is 2.83 bits per heavy atom. The zero-order valence-electron chi connectivity index (χ0n) is 16.5. The maximum atomic E-state index is 5.78. The number of aromatic amines is 1. The maximum Gasteiger partial charge on any atom is 0.262 e. The molecule has 0 spiro atoms. The fraction of sp³-hybridized carbons (Fsp3) is 0.261. The second-order valence-electron chi connectivity index (χ2n) is 6.97. The molecule has 29 heavy (non-hydrogen) atoms. The van der Waals surface area contributed by atoms with Crippen molar-refractivity contribution in [3.8, 4) is 34.3 Å². The number of hydrogen-bond donors (Lipinski definition) is 1. The normalized spacial score (nSPS) is 13.0. The number of aryl methyl sites for hydroxylation is 1. The second kappa shape index (κ2) is 7.28. The van der Waals surface area contributed by atoms with E-state index >= 15 is 0 Å². The van der Waals surface area contributed by atoms with Gasteiger partial charge in [-0.15, -0.1) is 0 Å². The molecule has 0 aliphatic heterocycles. The number of hydrogen-bond acceptors (Lipinski definition) is 5. The van der Waals surface area contributed by atoms with Gasteiger partial charge in [0.05, 0.1) is 18.8 Å². The molecule has 147 valence electrons. The van der Waals surface area contributed by atoms with Crippen LogP contribution in [-0.4, -0.2) is 28.3 Å². The van der Waals surface area contributed by atoms with Gasteiger partial charge in [-0.3, -0.25) is 0 Å². The van der Waals surface area contributed by atoms with Crippen LogP contribution in [0.4, 0.5) is 0 Å². The van der Waals surface area contributed by atoms with Crippen LogP contribution in [0.15, 0.2) is 40.9 Å². The molecule has 6 heteroatoms. The molecular weight excluding hydrogens is 366 g/mol. The summed E-state index contributed by atoms with van der Waals surface area (Å²) in [5, 5.41) is 5.45. The highest BCUT2D eigenvalue weighted by Gasteiger charge is 2.20. The molecule has 6 nitrogen and oxygen atoms in total. The average molecular weight is 388 g/mol. The van der Waals surface area contributed by atoms with Crippen LogP contribution in [0.3, 0.4) is 0 Å². The summed E-state index contributed by atoms with van der Waals surface area (Å²) in [7, 11) is 0. The fourth-order valence-corrected chi connectivity index (χ4v) is 3.87. The zero-order chi connectivity index (χ0) is 19.8. The van der Waals surface area contributed by atoms with E-state index in [1.807, 2.05) is 38.1 Å². The summed E-state index contributed by atoms with van der Waals surface area (Å²) in [6, 6.07) is 11.9. The van der Waals surface area contributed by atoms with Crippen LogP contribution in [0.25, 0.3) is 33.7 Å². The summed E-state index contributed by atoms with van der Waals surface area (Å²) < 4.78 is 16.9. The molecule has 1 aliphatic rings. The van der Waals surface area contributed by atoms with Gasteiger partial charge in [0.15, 0.2) is 0 Å². The molecule has 0 saturated carbocycles. The monoisotopic (exact) mass is 388 g/mol. The van der Waals surface area contributed by atoms with E-state index in [1.165, 1.54) is 16.6 Å². The van der Waals surface area contributed by atoms with Gasteiger partial charge in [0.1, 0.15) is 11.5 Å². The number of H-pyrrole nitrogens is 1. The van der Waals surface area contributed by atoms with Crippen molar-refractivity contribution in [3.05, 3.63) is 54.1 Å². The van der Waals surface area contributed by atoms with E-state index in [4.69, 9.17) is 14.0 Å². The molecule has 5 rings (SSSR count). The minimum atomic E-state index is 0.430. The van der Waals surface area contributed by atoms with E-state index < -0.39 is 0 Å².